The zero-order chi connectivity index (χ0) is 26.8. The van der Waals surface area contributed by atoms with Crippen LogP contribution in [-0.4, -0.2) is 31.4 Å². The number of fused-ring (bicyclic) bond motifs is 2. The normalized spacial score (nSPS) is 11.2. The number of furan rings is 1. The molecule has 9 heteroatoms. The topological polar surface area (TPSA) is 97.1 Å². The molecule has 0 atom stereocenters. The number of carbonyl (C=O) groups is 1. The third kappa shape index (κ3) is 5.13. The maximum absolute atomic E-state index is 14.0. The van der Waals surface area contributed by atoms with Crippen molar-refractivity contribution < 1.29 is 13.9 Å². The average molecular weight is 582 g/mol. The fraction of sp³-hybridized carbons (Fsp3) is 0.133. The van der Waals surface area contributed by atoms with Gasteiger partial charge in [-0.15, -0.1) is 10.2 Å². The SMILES string of the molecule is Cc1oc2ccccc2c1C(=O)N(Cc1ccccc1)Cc1ccc2c(Br)c(OCc3nn[nH]n3)ccc2c1. The van der Waals surface area contributed by atoms with Crippen molar-refractivity contribution in [3.63, 3.8) is 0 Å². The first-order valence-electron chi connectivity index (χ1n) is 12.4. The highest BCUT2D eigenvalue weighted by atomic mass is 79.9. The molecule has 39 heavy (non-hydrogen) atoms. The van der Waals surface area contributed by atoms with Gasteiger partial charge in [0.05, 0.1) is 10.0 Å². The van der Waals surface area contributed by atoms with Crippen molar-refractivity contribution >= 4 is 43.6 Å². The molecule has 4 aromatic carbocycles. The molecule has 0 fully saturated rings. The number of benzene rings is 4. The zero-order valence-electron chi connectivity index (χ0n) is 21.1. The lowest BCUT2D eigenvalue weighted by molar-refractivity contribution is 0.0730. The fourth-order valence-electron chi connectivity index (χ4n) is 4.73. The molecule has 0 aliphatic carbocycles. The summed E-state index contributed by atoms with van der Waals surface area (Å²) in [7, 11) is 0. The lowest BCUT2D eigenvalue weighted by atomic mass is 10.0. The van der Waals surface area contributed by atoms with E-state index in [1.54, 1.807) is 0 Å². The molecule has 0 aliphatic rings. The highest BCUT2D eigenvalue weighted by Crippen LogP contribution is 2.34. The minimum absolute atomic E-state index is 0.0622. The number of para-hydroxylation sites is 1. The Morgan fingerprint density at radius 2 is 1.74 bits per heavy atom. The van der Waals surface area contributed by atoms with Crippen LogP contribution in [0.15, 0.2) is 93.8 Å². The number of halogens is 1. The number of ether oxygens (including phenoxy) is 1. The number of amides is 1. The Labute approximate surface area is 232 Å². The van der Waals surface area contributed by atoms with Gasteiger partial charge in [-0.25, -0.2) is 0 Å². The summed E-state index contributed by atoms with van der Waals surface area (Å²) in [5, 5.41) is 16.7. The van der Waals surface area contributed by atoms with Gasteiger partial charge in [-0.2, -0.15) is 5.21 Å². The molecule has 2 aromatic heterocycles. The van der Waals surface area contributed by atoms with Gasteiger partial charge in [0, 0.05) is 18.5 Å². The van der Waals surface area contributed by atoms with Gasteiger partial charge in [-0.05, 0) is 63.0 Å². The van der Waals surface area contributed by atoms with Gasteiger partial charge in [0.2, 0.25) is 5.82 Å². The van der Waals surface area contributed by atoms with Crippen LogP contribution in [0.25, 0.3) is 21.7 Å². The van der Waals surface area contributed by atoms with E-state index in [-0.39, 0.29) is 12.5 Å². The number of nitrogens with zero attached hydrogens (tertiary/aromatic N) is 4. The summed E-state index contributed by atoms with van der Waals surface area (Å²) in [5.74, 6) is 1.72. The Hall–Kier alpha value is -4.50. The first-order valence-corrected chi connectivity index (χ1v) is 13.2. The molecule has 0 saturated carbocycles. The summed E-state index contributed by atoms with van der Waals surface area (Å²) < 4.78 is 12.6. The lowest BCUT2D eigenvalue weighted by Gasteiger charge is -2.23. The fourth-order valence-corrected chi connectivity index (χ4v) is 5.34. The number of hydrogen-bond acceptors (Lipinski definition) is 6. The average Bonchev–Trinajstić information content (AvgIpc) is 3.59. The molecule has 194 valence electrons. The van der Waals surface area contributed by atoms with Gasteiger partial charge in [0.25, 0.3) is 5.91 Å². The summed E-state index contributed by atoms with van der Waals surface area (Å²) >= 11 is 3.68. The van der Waals surface area contributed by atoms with Gasteiger partial charge in [0.15, 0.2) is 6.61 Å². The summed E-state index contributed by atoms with van der Waals surface area (Å²) in [6.07, 6.45) is 0. The van der Waals surface area contributed by atoms with Crippen LogP contribution in [0.2, 0.25) is 0 Å². The van der Waals surface area contributed by atoms with Crippen LogP contribution in [-0.2, 0) is 19.7 Å². The maximum atomic E-state index is 14.0. The minimum Gasteiger partial charge on any atom is -0.484 e. The van der Waals surface area contributed by atoms with Crippen molar-refractivity contribution in [2.45, 2.75) is 26.6 Å². The molecule has 1 N–H and O–H groups in total. The Balaban J connectivity index is 1.31. The Bertz CT molecular complexity index is 1770. The van der Waals surface area contributed by atoms with Gasteiger partial charge in [-0.1, -0.05) is 71.9 Å². The number of aryl methyl sites for hydroxylation is 1. The monoisotopic (exact) mass is 581 g/mol. The van der Waals surface area contributed by atoms with Crippen molar-refractivity contribution in [1.82, 2.24) is 25.5 Å². The van der Waals surface area contributed by atoms with Crippen LogP contribution in [0.3, 0.4) is 0 Å². The summed E-state index contributed by atoms with van der Waals surface area (Å²) in [6, 6.07) is 27.8. The third-order valence-electron chi connectivity index (χ3n) is 6.59. The second-order valence-electron chi connectivity index (χ2n) is 9.23. The van der Waals surface area contributed by atoms with Crippen molar-refractivity contribution in [1.29, 1.82) is 0 Å². The van der Waals surface area contributed by atoms with Gasteiger partial charge < -0.3 is 14.1 Å². The van der Waals surface area contributed by atoms with Crippen molar-refractivity contribution in [2.75, 3.05) is 0 Å². The van der Waals surface area contributed by atoms with Crippen molar-refractivity contribution in [3.8, 4) is 5.75 Å². The Morgan fingerprint density at radius 3 is 2.56 bits per heavy atom. The summed E-state index contributed by atoms with van der Waals surface area (Å²) in [4.78, 5) is 15.9. The number of rotatable bonds is 8. The molecule has 0 unspecified atom stereocenters. The van der Waals surface area contributed by atoms with Crippen molar-refractivity contribution in [2.24, 2.45) is 0 Å². The largest absolute Gasteiger partial charge is 0.484 e. The third-order valence-corrected chi connectivity index (χ3v) is 7.41. The summed E-state index contributed by atoms with van der Waals surface area (Å²) in [6.45, 7) is 2.97. The van der Waals surface area contributed by atoms with E-state index in [1.807, 2.05) is 90.7 Å². The second kappa shape index (κ2) is 10.7. The number of hydrogen-bond donors (Lipinski definition) is 1. The standard InChI is InChI=1S/C30H24BrN5O3/c1-19-28(24-9-5-6-10-25(24)39-19)30(37)36(16-20-7-3-2-4-8-20)17-21-11-13-23-22(15-21)12-14-26(29(23)31)38-18-27-32-34-35-33-27/h2-15H,16-18H2,1H3,(H,32,33,34,35). The number of aromatic amines is 1. The van der Waals surface area contributed by atoms with Crippen molar-refractivity contribution in [3.05, 3.63) is 118 Å². The maximum Gasteiger partial charge on any atom is 0.258 e. The highest BCUT2D eigenvalue weighted by Gasteiger charge is 2.24. The van der Waals surface area contributed by atoms with E-state index in [2.05, 4.69) is 42.6 Å². The molecule has 6 aromatic rings. The Kier molecular flexibility index (Phi) is 6.81. The Morgan fingerprint density at radius 1 is 0.949 bits per heavy atom. The van der Waals surface area contributed by atoms with Crippen LogP contribution in [0.5, 0.6) is 5.75 Å². The summed E-state index contributed by atoms with van der Waals surface area (Å²) in [5.41, 5.74) is 3.40. The van der Waals surface area contributed by atoms with Crippen LogP contribution >= 0.6 is 15.9 Å². The molecule has 0 saturated heterocycles. The minimum atomic E-state index is -0.0622. The molecule has 0 radical (unpaired) electrons. The lowest BCUT2D eigenvalue weighted by Crippen LogP contribution is -2.30. The highest BCUT2D eigenvalue weighted by molar-refractivity contribution is 9.10. The van der Waals surface area contributed by atoms with Gasteiger partial charge in [0.1, 0.15) is 17.1 Å². The molecule has 8 nitrogen and oxygen atoms in total. The van der Waals surface area contributed by atoms with Crippen LogP contribution in [0.4, 0.5) is 0 Å². The number of aromatic nitrogens is 4. The number of carbonyl (C=O) groups excluding carboxylic acids is 1. The predicted molar refractivity (Wildman–Crippen MR) is 151 cm³/mol. The number of H-pyrrole nitrogens is 1. The first kappa shape index (κ1) is 24.8. The molecule has 1 amide bonds. The second-order valence-corrected chi connectivity index (χ2v) is 10.0. The molecular weight excluding hydrogens is 558 g/mol. The number of tetrazole rings is 1. The quantitative estimate of drug-likeness (QED) is 0.218. The number of nitrogens with one attached hydrogen (secondary N) is 1. The van der Waals surface area contributed by atoms with E-state index in [4.69, 9.17) is 9.15 Å². The molecule has 6 rings (SSSR count). The molecule has 2 heterocycles. The van der Waals surface area contributed by atoms with E-state index in [1.165, 1.54) is 0 Å². The van der Waals surface area contributed by atoms with Crippen LogP contribution < -0.4 is 4.74 Å². The molecular formula is C30H24BrN5O3. The molecule has 0 aliphatic heterocycles. The predicted octanol–water partition coefficient (Wildman–Crippen LogP) is 6.59. The first-order chi connectivity index (χ1) is 19.1. The van der Waals surface area contributed by atoms with Crippen LogP contribution in [0.1, 0.15) is 33.1 Å². The smallest absolute Gasteiger partial charge is 0.258 e. The van der Waals surface area contributed by atoms with Gasteiger partial charge >= 0.3 is 0 Å². The molecule has 0 spiro atoms. The van der Waals surface area contributed by atoms with E-state index in [0.29, 0.717) is 41.6 Å². The van der Waals surface area contributed by atoms with E-state index < -0.39 is 0 Å². The van der Waals surface area contributed by atoms with Crippen LogP contribution in [0, 0.1) is 6.92 Å². The van der Waals surface area contributed by atoms with E-state index in [0.717, 1.165) is 31.8 Å². The molecule has 0 bridgehead atoms. The zero-order valence-corrected chi connectivity index (χ0v) is 22.7. The van der Waals surface area contributed by atoms with E-state index >= 15 is 0 Å². The van der Waals surface area contributed by atoms with Gasteiger partial charge in [-0.3, -0.25) is 4.79 Å². The van der Waals surface area contributed by atoms with E-state index in [9.17, 15) is 4.79 Å².